The van der Waals surface area contributed by atoms with Crippen molar-refractivity contribution in [2.75, 3.05) is 79.6 Å². The molecule has 0 atom stereocenters. The Labute approximate surface area is 148 Å². The van der Waals surface area contributed by atoms with E-state index in [1.165, 1.54) is 0 Å². The molecule has 7 heteroatoms. The summed E-state index contributed by atoms with van der Waals surface area (Å²) in [5, 5.41) is 13.1. The predicted octanol–water partition coefficient (Wildman–Crippen LogP) is -0.360. The van der Waals surface area contributed by atoms with Gasteiger partial charge in [-0.2, -0.15) is 0 Å². The summed E-state index contributed by atoms with van der Waals surface area (Å²) in [5.74, 6) is -0.107. The van der Waals surface area contributed by atoms with Crippen LogP contribution in [0.4, 0.5) is 0 Å². The van der Waals surface area contributed by atoms with Crippen molar-refractivity contribution in [3.63, 3.8) is 0 Å². The largest absolute Gasteiger partial charge is 0.466 e. The van der Waals surface area contributed by atoms with Gasteiger partial charge in [-0.1, -0.05) is 6.92 Å². The zero-order chi connectivity index (χ0) is 17.9. The average molecular weight is 346 g/mol. The zero-order valence-corrected chi connectivity index (χ0v) is 16.0. The van der Waals surface area contributed by atoms with E-state index in [9.17, 15) is 4.79 Å². The third-order valence-corrected chi connectivity index (χ3v) is 3.64. The Hall–Kier alpha value is -0.730. The number of ether oxygens (including phenoxy) is 1. The highest BCUT2D eigenvalue weighted by Gasteiger charge is 2.05. The maximum absolute atomic E-state index is 11.4. The number of esters is 1. The quantitative estimate of drug-likeness (QED) is 0.200. The normalized spacial score (nSPS) is 11.2. The van der Waals surface area contributed by atoms with Gasteiger partial charge in [-0.05, 0) is 40.0 Å². The summed E-state index contributed by atoms with van der Waals surface area (Å²) in [5.41, 5.74) is 0. The molecule has 0 heterocycles. The lowest BCUT2D eigenvalue weighted by Crippen LogP contribution is -2.38. The lowest BCUT2D eigenvalue weighted by Gasteiger charge is -2.22. The summed E-state index contributed by atoms with van der Waals surface area (Å²) >= 11 is 0. The Balaban J connectivity index is 3.68. The number of carbonyl (C=O) groups is 1. The first-order chi connectivity index (χ1) is 11.7. The van der Waals surface area contributed by atoms with Gasteiger partial charge in [0.05, 0.1) is 13.0 Å². The van der Waals surface area contributed by atoms with Crippen LogP contribution < -0.4 is 21.3 Å². The molecule has 0 unspecified atom stereocenters. The molecule has 144 valence electrons. The molecule has 0 saturated carbocycles. The van der Waals surface area contributed by atoms with Crippen LogP contribution in [0.1, 0.15) is 26.2 Å². The van der Waals surface area contributed by atoms with E-state index in [-0.39, 0.29) is 5.97 Å². The second-order valence-corrected chi connectivity index (χ2v) is 5.87. The van der Waals surface area contributed by atoms with Gasteiger partial charge in [-0.15, -0.1) is 0 Å². The SMILES string of the molecule is CCCOC(=O)CCNCCN(CCCNCCNC)CCNC. The van der Waals surface area contributed by atoms with Gasteiger partial charge >= 0.3 is 5.97 Å². The van der Waals surface area contributed by atoms with E-state index >= 15 is 0 Å². The number of carbonyl (C=O) groups excluding carboxylic acids is 1. The first-order valence-electron chi connectivity index (χ1n) is 9.33. The summed E-state index contributed by atoms with van der Waals surface area (Å²) in [6.07, 6.45) is 2.48. The average Bonchev–Trinajstić information content (AvgIpc) is 2.59. The molecular weight excluding hydrogens is 306 g/mol. The number of hydrogen-bond acceptors (Lipinski definition) is 7. The van der Waals surface area contributed by atoms with E-state index in [2.05, 4.69) is 26.2 Å². The fourth-order valence-corrected chi connectivity index (χ4v) is 2.21. The van der Waals surface area contributed by atoms with Gasteiger partial charge in [0, 0.05) is 45.8 Å². The van der Waals surface area contributed by atoms with E-state index in [0.29, 0.717) is 19.6 Å². The zero-order valence-electron chi connectivity index (χ0n) is 16.0. The lowest BCUT2D eigenvalue weighted by atomic mass is 10.3. The van der Waals surface area contributed by atoms with Crippen molar-refractivity contribution in [3.05, 3.63) is 0 Å². The van der Waals surface area contributed by atoms with Crippen molar-refractivity contribution in [1.82, 2.24) is 26.2 Å². The molecule has 0 aliphatic heterocycles. The van der Waals surface area contributed by atoms with Gasteiger partial charge in [0.1, 0.15) is 0 Å². The third-order valence-electron chi connectivity index (χ3n) is 3.64. The minimum absolute atomic E-state index is 0.107. The van der Waals surface area contributed by atoms with E-state index in [1.807, 2.05) is 21.0 Å². The molecular formula is C17H39N5O2. The Kier molecular flexibility index (Phi) is 18.0. The van der Waals surface area contributed by atoms with Crippen LogP contribution in [-0.4, -0.2) is 90.5 Å². The Morgan fingerprint density at radius 3 is 2.29 bits per heavy atom. The van der Waals surface area contributed by atoms with Crippen LogP contribution in [0.25, 0.3) is 0 Å². The van der Waals surface area contributed by atoms with Crippen molar-refractivity contribution in [2.24, 2.45) is 0 Å². The fourth-order valence-electron chi connectivity index (χ4n) is 2.21. The molecule has 0 aromatic carbocycles. The van der Waals surface area contributed by atoms with Gasteiger partial charge in [0.15, 0.2) is 0 Å². The van der Waals surface area contributed by atoms with Crippen molar-refractivity contribution < 1.29 is 9.53 Å². The van der Waals surface area contributed by atoms with Gasteiger partial charge in [0.25, 0.3) is 0 Å². The van der Waals surface area contributed by atoms with Crippen LogP contribution in [0.3, 0.4) is 0 Å². The molecule has 0 saturated heterocycles. The number of likely N-dealkylation sites (N-methyl/N-ethyl adjacent to an activating group) is 2. The highest BCUT2D eigenvalue weighted by Crippen LogP contribution is 1.91. The van der Waals surface area contributed by atoms with E-state index in [1.54, 1.807) is 0 Å². The number of rotatable bonds is 18. The first kappa shape index (κ1) is 23.3. The smallest absolute Gasteiger partial charge is 0.307 e. The summed E-state index contributed by atoms with van der Waals surface area (Å²) in [7, 11) is 3.95. The maximum atomic E-state index is 11.4. The van der Waals surface area contributed by atoms with Crippen LogP contribution in [-0.2, 0) is 9.53 Å². The lowest BCUT2D eigenvalue weighted by molar-refractivity contribution is -0.143. The molecule has 0 aliphatic rings. The van der Waals surface area contributed by atoms with Crippen molar-refractivity contribution in [3.8, 4) is 0 Å². The Morgan fingerprint density at radius 2 is 1.58 bits per heavy atom. The summed E-state index contributed by atoms with van der Waals surface area (Å²) in [6, 6.07) is 0. The molecule has 0 fully saturated rings. The van der Waals surface area contributed by atoms with E-state index in [4.69, 9.17) is 4.74 Å². The summed E-state index contributed by atoms with van der Waals surface area (Å²) < 4.78 is 5.06. The molecule has 0 radical (unpaired) electrons. The Bertz CT molecular complexity index is 280. The van der Waals surface area contributed by atoms with Crippen molar-refractivity contribution in [2.45, 2.75) is 26.2 Å². The minimum Gasteiger partial charge on any atom is -0.466 e. The highest BCUT2D eigenvalue weighted by molar-refractivity contribution is 5.69. The van der Waals surface area contributed by atoms with E-state index in [0.717, 1.165) is 65.2 Å². The monoisotopic (exact) mass is 345 g/mol. The second kappa shape index (κ2) is 18.6. The van der Waals surface area contributed by atoms with Crippen molar-refractivity contribution >= 4 is 5.97 Å². The van der Waals surface area contributed by atoms with Crippen LogP contribution in [0.15, 0.2) is 0 Å². The topological polar surface area (TPSA) is 77.7 Å². The molecule has 0 rings (SSSR count). The third kappa shape index (κ3) is 16.1. The summed E-state index contributed by atoms with van der Waals surface area (Å²) in [4.78, 5) is 13.9. The van der Waals surface area contributed by atoms with Crippen LogP contribution in [0.5, 0.6) is 0 Å². The van der Waals surface area contributed by atoms with Crippen LogP contribution in [0, 0.1) is 0 Å². The number of nitrogens with zero attached hydrogens (tertiary/aromatic N) is 1. The van der Waals surface area contributed by atoms with Gasteiger partial charge in [0.2, 0.25) is 0 Å². The number of nitrogens with one attached hydrogen (secondary N) is 4. The summed E-state index contributed by atoms with van der Waals surface area (Å²) in [6.45, 7) is 11.3. The van der Waals surface area contributed by atoms with E-state index < -0.39 is 0 Å². The van der Waals surface area contributed by atoms with Gasteiger partial charge in [-0.3, -0.25) is 4.79 Å². The van der Waals surface area contributed by atoms with Gasteiger partial charge < -0.3 is 30.9 Å². The fraction of sp³-hybridized carbons (Fsp3) is 0.941. The Morgan fingerprint density at radius 1 is 0.875 bits per heavy atom. The molecule has 4 N–H and O–H groups in total. The molecule has 0 amide bonds. The molecule has 0 aromatic rings. The highest BCUT2D eigenvalue weighted by atomic mass is 16.5. The molecule has 0 aliphatic carbocycles. The maximum Gasteiger partial charge on any atom is 0.307 e. The van der Waals surface area contributed by atoms with Crippen LogP contribution >= 0.6 is 0 Å². The standard InChI is InChI=1S/C17H39N5O2/c1-4-16-24-17(23)6-8-21-12-15-22(14-11-19-3)13-5-7-20-10-9-18-2/h18-21H,4-16H2,1-3H3. The molecule has 0 bridgehead atoms. The van der Waals surface area contributed by atoms with Crippen molar-refractivity contribution in [1.29, 1.82) is 0 Å². The molecule has 0 aromatic heterocycles. The van der Waals surface area contributed by atoms with Crippen LogP contribution in [0.2, 0.25) is 0 Å². The molecule has 0 spiro atoms. The molecule has 24 heavy (non-hydrogen) atoms. The number of hydrogen-bond donors (Lipinski definition) is 4. The first-order valence-corrected chi connectivity index (χ1v) is 9.33. The van der Waals surface area contributed by atoms with Gasteiger partial charge in [-0.25, -0.2) is 0 Å². The predicted molar refractivity (Wildman–Crippen MR) is 101 cm³/mol. The molecule has 7 nitrogen and oxygen atoms in total. The minimum atomic E-state index is -0.107. The second-order valence-electron chi connectivity index (χ2n) is 5.87.